The van der Waals surface area contributed by atoms with Crippen LogP contribution in [0.15, 0.2) is 48.8 Å². The van der Waals surface area contributed by atoms with Crippen LogP contribution in [0.25, 0.3) is 0 Å². The third kappa shape index (κ3) is 8.59. The summed E-state index contributed by atoms with van der Waals surface area (Å²) in [6, 6.07) is 16.2. The van der Waals surface area contributed by atoms with E-state index in [4.69, 9.17) is 5.11 Å². The molecule has 2 aromatic heterocycles. The molecule has 0 fully saturated rings. The first-order valence-corrected chi connectivity index (χ1v) is 10.6. The maximum Gasteiger partial charge on any atom is 0.356 e. The number of nitrogens with one attached hydrogen (secondary N) is 4. The Morgan fingerprint density at radius 1 is 0.789 bits per heavy atom. The smallest absolute Gasteiger partial charge is 0.356 e. The maximum atomic E-state index is 12.0. The summed E-state index contributed by atoms with van der Waals surface area (Å²) in [5, 5.41) is 26.2. The Balaban J connectivity index is 0.000000361. The molecule has 0 atom stereocenters. The van der Waals surface area contributed by atoms with E-state index in [0.717, 1.165) is 11.1 Å². The molecule has 2 aromatic carbocycles. The topological polar surface area (TPSA) is 170 Å². The molecule has 0 aliphatic carbocycles. The molecule has 2 amide bonds. The van der Waals surface area contributed by atoms with Crippen LogP contribution in [0, 0.1) is 26.0 Å². The summed E-state index contributed by atoms with van der Waals surface area (Å²) in [4.78, 5) is 46.1. The van der Waals surface area contributed by atoms with E-state index in [1.165, 1.54) is 19.3 Å². The molecule has 2 radical (unpaired) electrons. The number of H-pyrrole nitrogens is 2. The van der Waals surface area contributed by atoms with Gasteiger partial charge in [-0.25, -0.2) is 4.79 Å². The Morgan fingerprint density at radius 2 is 1.21 bits per heavy atom. The molecule has 0 saturated heterocycles. The van der Waals surface area contributed by atoms with Crippen molar-refractivity contribution in [2.75, 3.05) is 10.6 Å². The summed E-state index contributed by atoms with van der Waals surface area (Å²) < 4.78 is 0. The summed E-state index contributed by atoms with van der Waals surface area (Å²) in [7, 11) is 0. The van der Waals surface area contributed by atoms with Crippen molar-refractivity contribution in [2.24, 2.45) is 0 Å². The average molecular weight is 664 g/mol. The first-order valence-electron chi connectivity index (χ1n) is 10.6. The number of carboxylic acid groups (broad SMARTS) is 1. The summed E-state index contributed by atoms with van der Waals surface area (Å²) in [5.74, 6) is -2.10. The van der Waals surface area contributed by atoms with Gasteiger partial charge in [-0.2, -0.15) is 10.2 Å². The van der Waals surface area contributed by atoms with Gasteiger partial charge in [-0.15, -0.1) is 59.7 Å². The molecule has 4 aromatic rings. The number of carbonyl (C=O) groups excluding carboxylic acids is 3. The Morgan fingerprint density at radius 3 is 1.61 bits per heavy atom. The van der Waals surface area contributed by atoms with Crippen LogP contribution in [-0.4, -0.2) is 49.1 Å². The second-order valence-corrected chi connectivity index (χ2v) is 7.54. The van der Waals surface area contributed by atoms with E-state index in [0.29, 0.717) is 16.8 Å². The van der Waals surface area contributed by atoms with Gasteiger partial charge in [0.05, 0.1) is 23.8 Å². The van der Waals surface area contributed by atoms with Crippen LogP contribution in [-0.2, 0) is 65.4 Å². The Hall–Kier alpha value is -2.85. The molecule has 0 bridgehead atoms. The molecule has 13 heteroatoms. The van der Waals surface area contributed by atoms with Crippen molar-refractivity contribution >= 4 is 34.9 Å². The molecule has 2 heterocycles. The molecule has 0 aliphatic rings. The van der Waals surface area contributed by atoms with Gasteiger partial charge in [-0.1, -0.05) is 25.0 Å². The molecule has 38 heavy (non-hydrogen) atoms. The predicted octanol–water partition coefficient (Wildman–Crippen LogP) is 3.44. The monoisotopic (exact) mass is 664 g/mol. The second-order valence-electron chi connectivity index (χ2n) is 7.54. The molecule has 0 spiro atoms. The van der Waals surface area contributed by atoms with Crippen molar-refractivity contribution < 1.29 is 89.7 Å². The molecule has 0 unspecified atom stereocenters. The maximum absolute atomic E-state index is 12.0. The van der Waals surface area contributed by atoms with Gasteiger partial charge in [0.15, 0.2) is 23.3 Å². The minimum atomic E-state index is -1.18. The van der Waals surface area contributed by atoms with E-state index in [1.54, 1.807) is 31.2 Å². The van der Waals surface area contributed by atoms with Gasteiger partial charge in [-0.3, -0.25) is 15.0 Å². The third-order valence-corrected chi connectivity index (χ3v) is 4.92. The SMILES string of the molecule is CC(=O)c1[nH]ncc1NC(=O)c1[c-]cccc1C.Cc1ccc[c-]c1C(=O)Nc1cn[nH]c1C(=O)O.[Y].[Y]. The number of aryl methyl sites for hydroxylation is 2. The number of rotatable bonds is 6. The van der Waals surface area contributed by atoms with Crippen LogP contribution < -0.4 is 10.6 Å². The van der Waals surface area contributed by atoms with E-state index in [2.05, 4.69) is 43.2 Å². The Labute approximate surface area is 268 Å². The van der Waals surface area contributed by atoms with Gasteiger partial charge in [0.2, 0.25) is 0 Å². The summed E-state index contributed by atoms with van der Waals surface area (Å²) in [5.41, 5.74) is 3.05. The zero-order valence-electron chi connectivity index (χ0n) is 20.7. The molecule has 11 nitrogen and oxygen atoms in total. The van der Waals surface area contributed by atoms with E-state index >= 15 is 0 Å². The number of Topliss-reactive ketones (excluding diaryl/α,β-unsaturated/α-hetero) is 1. The van der Waals surface area contributed by atoms with Gasteiger partial charge in [-0.05, 0) is 0 Å². The molecular formula is C25H22N6O5Y2-2. The minimum Gasteiger partial charge on any atom is -0.476 e. The van der Waals surface area contributed by atoms with Crippen molar-refractivity contribution in [1.82, 2.24) is 20.4 Å². The van der Waals surface area contributed by atoms with E-state index < -0.39 is 11.9 Å². The molecule has 0 aliphatic heterocycles. The van der Waals surface area contributed by atoms with Gasteiger partial charge >= 0.3 is 5.97 Å². The average Bonchev–Trinajstić information content (AvgIpc) is 3.49. The van der Waals surface area contributed by atoms with Gasteiger partial charge < -0.3 is 25.3 Å². The van der Waals surface area contributed by atoms with Crippen LogP contribution in [0.5, 0.6) is 0 Å². The second kappa shape index (κ2) is 15.5. The number of benzene rings is 2. The number of hydrogen-bond donors (Lipinski definition) is 5. The van der Waals surface area contributed by atoms with Gasteiger partial charge in [0.1, 0.15) is 5.69 Å². The number of amides is 2. The first kappa shape index (κ1) is 33.2. The van der Waals surface area contributed by atoms with Crippen LogP contribution in [0.4, 0.5) is 11.4 Å². The van der Waals surface area contributed by atoms with Crippen LogP contribution in [0.1, 0.15) is 59.7 Å². The molecule has 0 saturated carbocycles. The largest absolute Gasteiger partial charge is 0.476 e. The molecular weight excluding hydrogens is 642 g/mol. The predicted molar refractivity (Wildman–Crippen MR) is 130 cm³/mol. The van der Waals surface area contributed by atoms with Crippen LogP contribution in [0.2, 0.25) is 0 Å². The standard InChI is InChI=1S/C13H12N3O2.C12H10N3O3.2Y/c1-8-5-3-4-6-10(8)13(18)15-11-7-14-16-12(11)9(2)17;1-7-4-2-3-5-8(7)11(16)14-9-6-13-15-10(9)12(17)18;;/h3-5,7H,1-2H3,(H,14,16)(H,15,18);2-4,6H,1H3,(H,13,15)(H,14,16)(H,17,18);;/q2*-1;;. The van der Waals surface area contributed by atoms with Gasteiger partial charge in [0, 0.05) is 72.3 Å². The first-order chi connectivity index (χ1) is 17.2. The van der Waals surface area contributed by atoms with E-state index in [-0.39, 0.29) is 94.2 Å². The minimum absolute atomic E-state index is 0. The number of hydrogen-bond acceptors (Lipinski definition) is 6. The number of anilines is 2. The summed E-state index contributed by atoms with van der Waals surface area (Å²) >= 11 is 0. The number of aromatic carboxylic acids is 1. The molecule has 5 N–H and O–H groups in total. The zero-order chi connectivity index (χ0) is 26.2. The zero-order valence-corrected chi connectivity index (χ0v) is 26.4. The van der Waals surface area contributed by atoms with E-state index in [9.17, 15) is 19.2 Å². The normalized spacial score (nSPS) is 9.55. The number of ketones is 1. The van der Waals surface area contributed by atoms with Crippen molar-refractivity contribution in [3.05, 3.63) is 94.6 Å². The Bertz CT molecular complexity index is 1330. The van der Waals surface area contributed by atoms with Crippen LogP contribution >= 0.6 is 0 Å². The number of aromatic nitrogens is 4. The van der Waals surface area contributed by atoms with Gasteiger partial charge in [0.25, 0.3) is 0 Å². The fraction of sp³-hybridized carbons (Fsp3) is 0.120. The summed E-state index contributed by atoms with van der Waals surface area (Å²) in [6.45, 7) is 5.01. The fourth-order valence-corrected chi connectivity index (χ4v) is 3.09. The fourth-order valence-electron chi connectivity index (χ4n) is 3.09. The number of aromatic amines is 2. The third-order valence-electron chi connectivity index (χ3n) is 4.92. The van der Waals surface area contributed by atoms with Crippen molar-refractivity contribution in [3.8, 4) is 0 Å². The van der Waals surface area contributed by atoms with Crippen LogP contribution in [0.3, 0.4) is 0 Å². The molecule has 190 valence electrons. The van der Waals surface area contributed by atoms with Crippen molar-refractivity contribution in [3.63, 3.8) is 0 Å². The molecule has 4 rings (SSSR count). The summed E-state index contributed by atoms with van der Waals surface area (Å²) in [6.07, 6.45) is 2.66. The van der Waals surface area contributed by atoms with E-state index in [1.807, 2.05) is 19.1 Å². The Kier molecular flexibility index (Phi) is 13.6. The van der Waals surface area contributed by atoms with Crippen molar-refractivity contribution in [1.29, 1.82) is 0 Å². The number of carboxylic acids is 1. The number of nitrogens with zero attached hydrogens (tertiary/aromatic N) is 2. The number of carbonyl (C=O) groups is 4. The quantitative estimate of drug-likeness (QED) is 0.155. The van der Waals surface area contributed by atoms with Crippen molar-refractivity contribution in [2.45, 2.75) is 20.8 Å².